The molecule has 1 aliphatic heterocycles. The van der Waals surface area contributed by atoms with E-state index >= 15 is 0 Å². The van der Waals surface area contributed by atoms with Crippen molar-refractivity contribution in [3.05, 3.63) is 0 Å². The molecule has 2 nitrogen and oxygen atoms in total. The molecule has 1 rings (SSSR count). The molecule has 0 radical (unpaired) electrons. The molecule has 1 unspecified atom stereocenters. The van der Waals surface area contributed by atoms with Crippen molar-refractivity contribution in [1.29, 1.82) is 0 Å². The van der Waals surface area contributed by atoms with Crippen LogP contribution < -0.4 is 5.32 Å². The van der Waals surface area contributed by atoms with Crippen molar-refractivity contribution in [2.75, 3.05) is 20.1 Å². The Morgan fingerprint density at radius 2 is 2.17 bits per heavy atom. The minimum Gasteiger partial charge on any atom is -0.312 e. The van der Waals surface area contributed by atoms with Crippen molar-refractivity contribution >= 4 is 0 Å². The van der Waals surface area contributed by atoms with Gasteiger partial charge in [-0.1, -0.05) is 6.92 Å². The fraction of sp³-hybridized carbons (Fsp3) is 1.00. The molecule has 0 aromatic rings. The zero-order valence-electron chi connectivity index (χ0n) is 8.85. The first-order valence-corrected chi connectivity index (χ1v) is 5.00. The maximum absolute atomic E-state index is 3.54. The van der Waals surface area contributed by atoms with Gasteiger partial charge in [0.15, 0.2) is 0 Å². The van der Waals surface area contributed by atoms with Crippen LogP contribution in [0.1, 0.15) is 33.6 Å². The normalized spacial score (nSPS) is 29.2. The van der Waals surface area contributed by atoms with E-state index in [1.54, 1.807) is 0 Å². The summed E-state index contributed by atoms with van der Waals surface area (Å²) in [5, 5.41) is 3.54. The maximum Gasteiger partial charge on any atom is 0.0140 e. The maximum atomic E-state index is 3.54. The van der Waals surface area contributed by atoms with E-state index in [0.29, 0.717) is 5.54 Å². The van der Waals surface area contributed by atoms with Crippen LogP contribution in [0.2, 0.25) is 0 Å². The minimum atomic E-state index is 0.340. The summed E-state index contributed by atoms with van der Waals surface area (Å²) in [6, 6.07) is 0.784. The summed E-state index contributed by atoms with van der Waals surface area (Å²) in [5.41, 5.74) is 0.340. The molecule has 0 spiro atoms. The average molecular weight is 170 g/mol. The SMILES string of the molecule is CCN(C)C1CCNC(C)(C)C1. The van der Waals surface area contributed by atoms with Crippen LogP contribution in [-0.2, 0) is 0 Å². The third kappa shape index (κ3) is 2.46. The molecule has 0 aliphatic carbocycles. The third-order valence-electron chi connectivity index (χ3n) is 2.95. The van der Waals surface area contributed by atoms with E-state index in [9.17, 15) is 0 Å². The van der Waals surface area contributed by atoms with E-state index in [1.165, 1.54) is 25.9 Å². The van der Waals surface area contributed by atoms with Crippen molar-refractivity contribution in [3.63, 3.8) is 0 Å². The zero-order valence-corrected chi connectivity index (χ0v) is 8.85. The molecular weight excluding hydrogens is 148 g/mol. The first-order chi connectivity index (χ1) is 5.55. The Labute approximate surface area is 76.3 Å². The molecule has 1 aliphatic rings. The van der Waals surface area contributed by atoms with Gasteiger partial charge >= 0.3 is 0 Å². The molecule has 1 saturated heterocycles. The summed E-state index contributed by atoms with van der Waals surface area (Å²) in [4.78, 5) is 2.46. The molecule has 72 valence electrons. The highest BCUT2D eigenvalue weighted by Crippen LogP contribution is 2.21. The quantitative estimate of drug-likeness (QED) is 0.675. The molecule has 2 heteroatoms. The standard InChI is InChI=1S/C10H22N2/c1-5-12(4)9-6-7-11-10(2,3)8-9/h9,11H,5-8H2,1-4H3. The van der Waals surface area contributed by atoms with E-state index in [0.717, 1.165) is 6.04 Å². The first kappa shape index (κ1) is 10.0. The second-order valence-electron chi connectivity index (χ2n) is 4.53. The van der Waals surface area contributed by atoms with Crippen molar-refractivity contribution < 1.29 is 0 Å². The van der Waals surface area contributed by atoms with Gasteiger partial charge in [-0.2, -0.15) is 0 Å². The number of nitrogens with zero attached hydrogens (tertiary/aromatic N) is 1. The van der Waals surface area contributed by atoms with Gasteiger partial charge < -0.3 is 10.2 Å². The Kier molecular flexibility index (Phi) is 3.13. The van der Waals surface area contributed by atoms with Gasteiger partial charge in [-0.05, 0) is 46.8 Å². The predicted octanol–water partition coefficient (Wildman–Crippen LogP) is 1.47. The van der Waals surface area contributed by atoms with Gasteiger partial charge in [-0.15, -0.1) is 0 Å². The Bertz CT molecular complexity index is 143. The predicted molar refractivity (Wildman–Crippen MR) is 53.4 cm³/mol. The fourth-order valence-corrected chi connectivity index (χ4v) is 1.97. The van der Waals surface area contributed by atoms with Crippen LogP contribution in [0, 0.1) is 0 Å². The highest BCUT2D eigenvalue weighted by atomic mass is 15.1. The number of hydrogen-bond acceptors (Lipinski definition) is 2. The lowest BCUT2D eigenvalue weighted by molar-refractivity contribution is 0.149. The molecule has 1 atom stereocenters. The van der Waals surface area contributed by atoms with Gasteiger partial charge in [0.2, 0.25) is 0 Å². The summed E-state index contributed by atoms with van der Waals surface area (Å²) < 4.78 is 0. The molecule has 12 heavy (non-hydrogen) atoms. The van der Waals surface area contributed by atoms with Crippen LogP contribution >= 0.6 is 0 Å². The van der Waals surface area contributed by atoms with E-state index < -0.39 is 0 Å². The number of hydrogen-bond donors (Lipinski definition) is 1. The lowest BCUT2D eigenvalue weighted by Gasteiger charge is -2.40. The van der Waals surface area contributed by atoms with E-state index in [2.05, 4.69) is 38.0 Å². The average Bonchev–Trinajstić information content (AvgIpc) is 2.01. The molecule has 0 saturated carbocycles. The van der Waals surface area contributed by atoms with E-state index in [1.807, 2.05) is 0 Å². The smallest absolute Gasteiger partial charge is 0.0140 e. The summed E-state index contributed by atoms with van der Waals surface area (Å²) in [6.07, 6.45) is 2.57. The molecule has 0 aromatic heterocycles. The summed E-state index contributed by atoms with van der Waals surface area (Å²) in [5.74, 6) is 0. The van der Waals surface area contributed by atoms with Crippen molar-refractivity contribution in [2.24, 2.45) is 0 Å². The Morgan fingerprint density at radius 1 is 1.50 bits per heavy atom. The van der Waals surface area contributed by atoms with Crippen molar-refractivity contribution in [1.82, 2.24) is 10.2 Å². The van der Waals surface area contributed by atoms with Crippen LogP contribution in [0.4, 0.5) is 0 Å². The minimum absolute atomic E-state index is 0.340. The second kappa shape index (κ2) is 3.75. The van der Waals surface area contributed by atoms with Crippen LogP contribution in [0.15, 0.2) is 0 Å². The topological polar surface area (TPSA) is 15.3 Å². The molecule has 0 aromatic carbocycles. The molecule has 1 N–H and O–H groups in total. The highest BCUT2D eigenvalue weighted by Gasteiger charge is 2.28. The number of piperidine rings is 1. The summed E-state index contributed by atoms with van der Waals surface area (Å²) in [7, 11) is 2.23. The van der Waals surface area contributed by atoms with Gasteiger partial charge in [0.1, 0.15) is 0 Å². The lowest BCUT2D eigenvalue weighted by atomic mass is 9.89. The highest BCUT2D eigenvalue weighted by molar-refractivity contribution is 4.89. The Balaban J connectivity index is 2.46. The lowest BCUT2D eigenvalue weighted by Crippen LogP contribution is -2.52. The van der Waals surface area contributed by atoms with Crippen molar-refractivity contribution in [3.8, 4) is 0 Å². The third-order valence-corrected chi connectivity index (χ3v) is 2.95. The largest absolute Gasteiger partial charge is 0.312 e. The van der Waals surface area contributed by atoms with Crippen molar-refractivity contribution in [2.45, 2.75) is 45.2 Å². The van der Waals surface area contributed by atoms with Gasteiger partial charge in [0.05, 0.1) is 0 Å². The monoisotopic (exact) mass is 170 g/mol. The Morgan fingerprint density at radius 3 is 2.67 bits per heavy atom. The summed E-state index contributed by atoms with van der Waals surface area (Å²) in [6.45, 7) is 9.16. The summed E-state index contributed by atoms with van der Waals surface area (Å²) >= 11 is 0. The van der Waals surface area contributed by atoms with Gasteiger partial charge in [0, 0.05) is 11.6 Å². The zero-order chi connectivity index (χ0) is 9.19. The van der Waals surface area contributed by atoms with Crippen LogP contribution in [0.3, 0.4) is 0 Å². The molecule has 0 amide bonds. The van der Waals surface area contributed by atoms with Gasteiger partial charge in [-0.25, -0.2) is 0 Å². The molecule has 1 heterocycles. The number of rotatable bonds is 2. The molecular formula is C10H22N2. The first-order valence-electron chi connectivity index (χ1n) is 5.00. The van der Waals surface area contributed by atoms with Crippen LogP contribution in [0.25, 0.3) is 0 Å². The number of nitrogens with one attached hydrogen (secondary N) is 1. The Hall–Kier alpha value is -0.0800. The van der Waals surface area contributed by atoms with E-state index in [-0.39, 0.29) is 0 Å². The molecule has 0 bridgehead atoms. The van der Waals surface area contributed by atoms with Gasteiger partial charge in [0.25, 0.3) is 0 Å². The van der Waals surface area contributed by atoms with Crippen LogP contribution in [0.5, 0.6) is 0 Å². The van der Waals surface area contributed by atoms with Gasteiger partial charge in [-0.3, -0.25) is 0 Å². The molecule has 1 fully saturated rings. The second-order valence-corrected chi connectivity index (χ2v) is 4.53. The fourth-order valence-electron chi connectivity index (χ4n) is 1.97. The van der Waals surface area contributed by atoms with E-state index in [4.69, 9.17) is 0 Å². The van der Waals surface area contributed by atoms with Crippen LogP contribution in [-0.4, -0.2) is 36.6 Å².